The number of fused-ring (bicyclic) bond motifs is 1. The number of aromatic nitrogens is 2. The van der Waals surface area contributed by atoms with E-state index < -0.39 is 5.97 Å². The largest absolute Gasteiger partial charge is 0.493 e. The maximum Gasteiger partial charge on any atom is 0.331 e. The maximum atomic E-state index is 12.3. The predicted molar refractivity (Wildman–Crippen MR) is 110 cm³/mol. The number of hydrogen-bond donors (Lipinski definition) is 0. The molecule has 0 amide bonds. The second kappa shape index (κ2) is 8.79. The number of halogens is 1. The van der Waals surface area contributed by atoms with Crippen LogP contribution in [-0.2, 0) is 16.1 Å². The van der Waals surface area contributed by atoms with E-state index in [0.29, 0.717) is 33.4 Å². The third kappa shape index (κ3) is 4.57. The van der Waals surface area contributed by atoms with Gasteiger partial charge in [0.2, 0.25) is 0 Å². The van der Waals surface area contributed by atoms with Gasteiger partial charge in [-0.1, -0.05) is 17.7 Å². The molecule has 2 heterocycles. The number of rotatable bonds is 6. The van der Waals surface area contributed by atoms with Crippen LogP contribution < -0.4 is 15.0 Å². The number of pyridine rings is 1. The first-order valence-corrected chi connectivity index (χ1v) is 9.05. The number of esters is 1. The summed E-state index contributed by atoms with van der Waals surface area (Å²) in [5.74, 6) is 0.282. The molecule has 0 spiro atoms. The Bertz CT molecular complexity index is 1150. The number of benzene rings is 1. The van der Waals surface area contributed by atoms with Crippen LogP contribution in [0.3, 0.4) is 0 Å². The zero-order valence-corrected chi connectivity index (χ0v) is 16.9. The van der Waals surface area contributed by atoms with Gasteiger partial charge in [0.05, 0.1) is 24.9 Å². The molecule has 0 aliphatic carbocycles. The van der Waals surface area contributed by atoms with E-state index >= 15 is 0 Å². The normalized spacial score (nSPS) is 11.0. The molecule has 3 aromatic rings. The average Bonchev–Trinajstić information content (AvgIpc) is 2.70. The van der Waals surface area contributed by atoms with Crippen molar-refractivity contribution in [1.29, 1.82) is 0 Å². The molecular weight excluding hydrogens is 396 g/mol. The summed E-state index contributed by atoms with van der Waals surface area (Å²) in [5.41, 5.74) is 2.06. The van der Waals surface area contributed by atoms with E-state index in [0.717, 1.165) is 5.69 Å². The van der Waals surface area contributed by atoms with Gasteiger partial charge in [0.25, 0.3) is 5.56 Å². The van der Waals surface area contributed by atoms with Crippen molar-refractivity contribution < 1.29 is 19.0 Å². The third-order valence-corrected chi connectivity index (χ3v) is 4.44. The highest BCUT2D eigenvalue weighted by molar-refractivity contribution is 6.32. The molecule has 29 heavy (non-hydrogen) atoms. The van der Waals surface area contributed by atoms with Gasteiger partial charge < -0.3 is 14.2 Å². The van der Waals surface area contributed by atoms with Crippen LogP contribution in [0.5, 0.6) is 11.5 Å². The minimum atomic E-state index is -0.581. The summed E-state index contributed by atoms with van der Waals surface area (Å²) in [5, 5.41) is 0.357. The molecular formula is C21H19ClN2O5. The summed E-state index contributed by atoms with van der Waals surface area (Å²) in [6.45, 7) is 1.70. The quantitative estimate of drug-likeness (QED) is 0.454. The van der Waals surface area contributed by atoms with Gasteiger partial charge in [-0.15, -0.1) is 0 Å². The van der Waals surface area contributed by atoms with Gasteiger partial charge in [0.15, 0.2) is 11.5 Å². The molecule has 0 radical (unpaired) electrons. The molecule has 0 atom stereocenters. The Morgan fingerprint density at radius 3 is 2.72 bits per heavy atom. The molecule has 2 aromatic heterocycles. The van der Waals surface area contributed by atoms with Gasteiger partial charge in [0, 0.05) is 17.8 Å². The fourth-order valence-corrected chi connectivity index (χ4v) is 3.13. The Hall–Kier alpha value is -3.32. The summed E-state index contributed by atoms with van der Waals surface area (Å²) in [4.78, 5) is 28.7. The van der Waals surface area contributed by atoms with Crippen LogP contribution in [0.2, 0.25) is 5.02 Å². The fourth-order valence-electron chi connectivity index (χ4n) is 2.83. The van der Waals surface area contributed by atoms with Crippen LogP contribution in [0.1, 0.15) is 17.0 Å². The number of nitrogens with zero attached hydrogens (tertiary/aromatic N) is 2. The van der Waals surface area contributed by atoms with Crippen molar-refractivity contribution in [2.75, 3.05) is 14.2 Å². The molecule has 0 aliphatic heterocycles. The van der Waals surface area contributed by atoms with Crippen LogP contribution in [0, 0.1) is 6.92 Å². The number of methoxy groups -OCH3 is 2. The van der Waals surface area contributed by atoms with E-state index in [-0.39, 0.29) is 12.2 Å². The number of hydrogen-bond acceptors (Lipinski definition) is 6. The fraction of sp³-hybridized carbons (Fsp3) is 0.190. The zero-order chi connectivity index (χ0) is 21.0. The zero-order valence-electron chi connectivity index (χ0n) is 16.1. The molecule has 1 aromatic carbocycles. The van der Waals surface area contributed by atoms with Gasteiger partial charge in [0.1, 0.15) is 12.3 Å². The molecule has 8 heteroatoms. The van der Waals surface area contributed by atoms with Gasteiger partial charge in [-0.3, -0.25) is 9.20 Å². The monoisotopic (exact) mass is 414 g/mol. The van der Waals surface area contributed by atoms with Crippen molar-refractivity contribution in [3.05, 3.63) is 74.8 Å². The number of aryl methyl sites for hydroxylation is 1. The Kier molecular flexibility index (Phi) is 6.19. The number of carbonyl (C=O) groups excluding carboxylic acids is 1. The minimum Gasteiger partial charge on any atom is -0.493 e. The topological polar surface area (TPSA) is 79.1 Å². The van der Waals surface area contributed by atoms with E-state index in [9.17, 15) is 9.59 Å². The highest BCUT2D eigenvalue weighted by Gasteiger charge is 2.10. The van der Waals surface area contributed by atoms with Crippen molar-refractivity contribution in [1.82, 2.24) is 9.38 Å². The van der Waals surface area contributed by atoms with Crippen LogP contribution in [-0.4, -0.2) is 29.6 Å². The van der Waals surface area contributed by atoms with Gasteiger partial charge in [-0.05, 0) is 42.8 Å². The van der Waals surface area contributed by atoms with Gasteiger partial charge >= 0.3 is 5.97 Å². The molecule has 7 nitrogen and oxygen atoms in total. The van der Waals surface area contributed by atoms with Crippen molar-refractivity contribution in [3.8, 4) is 11.5 Å². The van der Waals surface area contributed by atoms with Crippen LogP contribution in [0.15, 0.2) is 47.3 Å². The number of carbonyl (C=O) groups is 1. The Balaban J connectivity index is 1.71. The van der Waals surface area contributed by atoms with Crippen LogP contribution in [0.4, 0.5) is 0 Å². The first-order valence-electron chi connectivity index (χ1n) is 8.67. The average molecular weight is 415 g/mol. The summed E-state index contributed by atoms with van der Waals surface area (Å²) in [6, 6.07) is 10.0. The van der Waals surface area contributed by atoms with Crippen LogP contribution >= 0.6 is 11.6 Å². The molecule has 150 valence electrons. The predicted octanol–water partition coefficient (Wildman–Crippen LogP) is 3.43. The van der Waals surface area contributed by atoms with E-state index in [1.165, 1.54) is 30.8 Å². The van der Waals surface area contributed by atoms with E-state index in [1.807, 2.05) is 19.1 Å². The van der Waals surface area contributed by atoms with Gasteiger partial charge in [-0.25, -0.2) is 9.78 Å². The molecule has 0 unspecified atom stereocenters. The lowest BCUT2D eigenvalue weighted by molar-refractivity contribution is -0.139. The second-order valence-corrected chi connectivity index (χ2v) is 6.53. The lowest BCUT2D eigenvalue weighted by Gasteiger charge is -2.10. The van der Waals surface area contributed by atoms with E-state index in [2.05, 4.69) is 4.98 Å². The Morgan fingerprint density at radius 2 is 2.00 bits per heavy atom. The summed E-state index contributed by atoms with van der Waals surface area (Å²) < 4.78 is 17.1. The molecule has 0 saturated heterocycles. The second-order valence-electron chi connectivity index (χ2n) is 6.13. The first-order chi connectivity index (χ1) is 13.9. The molecule has 0 aliphatic rings. The Morgan fingerprint density at radius 1 is 1.21 bits per heavy atom. The molecule has 0 bridgehead atoms. The maximum absolute atomic E-state index is 12.3. The Labute approximate surface area is 172 Å². The highest BCUT2D eigenvalue weighted by Crippen LogP contribution is 2.36. The standard InChI is InChI=1S/C21H19ClN2O5/c1-13-5-4-6-18-23-15(11-19(25)24(13)18)12-29-20(26)8-7-14-9-16(22)21(28-3)17(10-14)27-2/h4-11H,12H2,1-3H3/b8-7+. The highest BCUT2D eigenvalue weighted by atomic mass is 35.5. The minimum absolute atomic E-state index is 0.116. The van der Waals surface area contributed by atoms with E-state index in [4.69, 9.17) is 25.8 Å². The molecule has 0 N–H and O–H groups in total. The lowest BCUT2D eigenvalue weighted by atomic mass is 10.2. The van der Waals surface area contributed by atoms with Crippen LogP contribution in [0.25, 0.3) is 11.7 Å². The summed E-state index contributed by atoms with van der Waals surface area (Å²) in [7, 11) is 2.99. The SMILES string of the molecule is COc1cc(/C=C/C(=O)OCc2cc(=O)n3c(C)cccc3n2)cc(Cl)c1OC. The summed E-state index contributed by atoms with van der Waals surface area (Å²) >= 11 is 6.15. The van der Waals surface area contributed by atoms with Crippen molar-refractivity contribution >= 4 is 29.3 Å². The molecule has 0 fully saturated rings. The third-order valence-electron chi connectivity index (χ3n) is 4.16. The first kappa shape index (κ1) is 20.4. The van der Waals surface area contributed by atoms with Crippen molar-refractivity contribution in [3.63, 3.8) is 0 Å². The van der Waals surface area contributed by atoms with Gasteiger partial charge in [-0.2, -0.15) is 0 Å². The van der Waals surface area contributed by atoms with E-state index in [1.54, 1.807) is 24.3 Å². The molecule has 0 saturated carbocycles. The van der Waals surface area contributed by atoms with Crippen molar-refractivity contribution in [2.24, 2.45) is 0 Å². The summed E-state index contributed by atoms with van der Waals surface area (Å²) in [6.07, 6.45) is 2.80. The molecule has 3 rings (SSSR count). The smallest absolute Gasteiger partial charge is 0.331 e. The number of ether oxygens (including phenoxy) is 3. The lowest BCUT2D eigenvalue weighted by Crippen LogP contribution is -2.18. The van der Waals surface area contributed by atoms with Crippen molar-refractivity contribution in [2.45, 2.75) is 13.5 Å².